The molecule has 0 aliphatic carbocycles. The average molecular weight is 253 g/mol. The molecule has 0 aliphatic rings. The van der Waals surface area contributed by atoms with Gasteiger partial charge in [0.1, 0.15) is 0 Å². The Kier molecular flexibility index (Phi) is 3.59. The first-order valence-corrected chi connectivity index (χ1v) is 6.33. The lowest BCUT2D eigenvalue weighted by atomic mass is 10.1. The number of nitrogens with zero attached hydrogens (tertiary/aromatic N) is 1. The number of halogens is 1. The van der Waals surface area contributed by atoms with Crippen molar-refractivity contribution in [2.24, 2.45) is 5.73 Å². The molecule has 1 atom stereocenters. The molecule has 0 saturated heterocycles. The highest BCUT2D eigenvalue weighted by molar-refractivity contribution is 7.09. The summed E-state index contributed by atoms with van der Waals surface area (Å²) in [6.07, 6.45) is 0.738. The molecule has 4 heteroatoms. The van der Waals surface area contributed by atoms with E-state index < -0.39 is 0 Å². The molecule has 0 aliphatic heterocycles. The fourth-order valence-corrected chi connectivity index (χ4v) is 2.68. The predicted octanol–water partition coefficient (Wildman–Crippen LogP) is 3.35. The Balaban J connectivity index is 2.14. The van der Waals surface area contributed by atoms with Crippen LogP contribution in [0.15, 0.2) is 29.6 Å². The predicted molar refractivity (Wildman–Crippen MR) is 68.9 cm³/mol. The monoisotopic (exact) mass is 252 g/mol. The van der Waals surface area contributed by atoms with Crippen LogP contribution in [-0.4, -0.2) is 4.98 Å². The highest BCUT2D eigenvalue weighted by atomic mass is 35.5. The highest BCUT2D eigenvalue weighted by Gasteiger charge is 2.12. The van der Waals surface area contributed by atoms with Gasteiger partial charge in [-0.3, -0.25) is 0 Å². The van der Waals surface area contributed by atoms with Crippen molar-refractivity contribution in [1.82, 2.24) is 4.98 Å². The van der Waals surface area contributed by atoms with Gasteiger partial charge < -0.3 is 5.73 Å². The Morgan fingerprint density at radius 1 is 1.44 bits per heavy atom. The van der Waals surface area contributed by atoms with Gasteiger partial charge in [0.25, 0.3) is 0 Å². The summed E-state index contributed by atoms with van der Waals surface area (Å²) in [4.78, 5) is 4.40. The molecule has 2 aromatic rings. The molecule has 0 bridgehead atoms. The van der Waals surface area contributed by atoms with E-state index in [2.05, 4.69) is 4.98 Å². The van der Waals surface area contributed by atoms with E-state index >= 15 is 0 Å². The number of hydrogen-bond acceptors (Lipinski definition) is 3. The first-order valence-electron chi connectivity index (χ1n) is 5.08. The molecule has 84 valence electrons. The molecule has 0 amide bonds. The van der Waals surface area contributed by atoms with Crippen molar-refractivity contribution in [2.75, 3.05) is 0 Å². The number of rotatable bonds is 3. The summed E-state index contributed by atoms with van der Waals surface area (Å²) in [5.41, 5.74) is 8.15. The minimum Gasteiger partial charge on any atom is -0.324 e. The van der Waals surface area contributed by atoms with Crippen molar-refractivity contribution < 1.29 is 0 Å². The van der Waals surface area contributed by atoms with E-state index in [1.54, 1.807) is 11.3 Å². The van der Waals surface area contributed by atoms with Gasteiger partial charge in [-0.2, -0.15) is 0 Å². The maximum atomic E-state index is 6.12. The van der Waals surface area contributed by atoms with E-state index in [-0.39, 0.29) is 6.04 Å². The molecule has 1 unspecified atom stereocenters. The normalized spacial score (nSPS) is 12.7. The van der Waals surface area contributed by atoms with Gasteiger partial charge in [0.2, 0.25) is 0 Å². The maximum Gasteiger partial charge on any atom is 0.0947 e. The zero-order valence-corrected chi connectivity index (χ0v) is 10.6. The lowest BCUT2D eigenvalue weighted by molar-refractivity contribution is 0.717. The number of benzene rings is 1. The molecule has 2 N–H and O–H groups in total. The molecule has 1 aromatic heterocycles. The van der Waals surface area contributed by atoms with Gasteiger partial charge in [0.15, 0.2) is 0 Å². The number of nitrogens with two attached hydrogens (primary N) is 1. The zero-order valence-electron chi connectivity index (χ0n) is 8.98. The van der Waals surface area contributed by atoms with E-state index in [9.17, 15) is 0 Å². The number of aromatic nitrogens is 1. The average Bonchev–Trinajstić information content (AvgIpc) is 2.64. The van der Waals surface area contributed by atoms with Crippen LogP contribution in [0.4, 0.5) is 0 Å². The van der Waals surface area contributed by atoms with Gasteiger partial charge in [-0.05, 0) is 18.6 Å². The molecular weight excluding hydrogens is 240 g/mol. The number of aryl methyl sites for hydroxylation is 1. The Morgan fingerprint density at radius 2 is 2.19 bits per heavy atom. The largest absolute Gasteiger partial charge is 0.324 e. The standard InChI is InChI=1S/C12H13ClN2S/c1-8-7-16-12(15-8)6-11(14)9-4-2-3-5-10(9)13/h2-5,7,11H,6,14H2,1H3. The van der Waals surface area contributed by atoms with Crippen molar-refractivity contribution in [2.45, 2.75) is 19.4 Å². The summed E-state index contributed by atoms with van der Waals surface area (Å²) in [6, 6.07) is 7.61. The topological polar surface area (TPSA) is 38.9 Å². The second-order valence-electron chi connectivity index (χ2n) is 3.71. The number of hydrogen-bond donors (Lipinski definition) is 1. The second-order valence-corrected chi connectivity index (χ2v) is 5.06. The van der Waals surface area contributed by atoms with Crippen molar-refractivity contribution >= 4 is 22.9 Å². The van der Waals surface area contributed by atoms with Crippen LogP contribution >= 0.6 is 22.9 Å². The Hall–Kier alpha value is -0.900. The van der Waals surface area contributed by atoms with Crippen molar-refractivity contribution in [1.29, 1.82) is 0 Å². The Labute approximate surface area is 104 Å². The van der Waals surface area contributed by atoms with Crippen LogP contribution in [0.25, 0.3) is 0 Å². The van der Waals surface area contributed by atoms with E-state index in [1.807, 2.05) is 36.6 Å². The highest BCUT2D eigenvalue weighted by Crippen LogP contribution is 2.24. The third-order valence-electron chi connectivity index (χ3n) is 2.37. The molecule has 1 aromatic carbocycles. The van der Waals surface area contributed by atoms with Gasteiger partial charge in [-0.1, -0.05) is 29.8 Å². The van der Waals surface area contributed by atoms with Crippen LogP contribution in [0.2, 0.25) is 5.02 Å². The van der Waals surface area contributed by atoms with Gasteiger partial charge >= 0.3 is 0 Å². The second kappa shape index (κ2) is 4.95. The molecule has 2 nitrogen and oxygen atoms in total. The van der Waals surface area contributed by atoms with Crippen LogP contribution in [0.5, 0.6) is 0 Å². The molecule has 0 spiro atoms. The van der Waals surface area contributed by atoms with Crippen LogP contribution in [0, 0.1) is 6.92 Å². The molecule has 2 rings (SSSR count). The Bertz CT molecular complexity index is 481. The zero-order chi connectivity index (χ0) is 11.5. The minimum absolute atomic E-state index is 0.0840. The summed E-state index contributed by atoms with van der Waals surface area (Å²) in [5.74, 6) is 0. The summed E-state index contributed by atoms with van der Waals surface area (Å²) in [6.45, 7) is 1.99. The fraction of sp³-hybridized carbons (Fsp3) is 0.250. The van der Waals surface area contributed by atoms with Crippen molar-refractivity contribution in [3.05, 3.63) is 50.9 Å². The van der Waals surface area contributed by atoms with Gasteiger partial charge in [0, 0.05) is 28.6 Å². The first-order chi connectivity index (χ1) is 7.66. The molecule has 0 saturated carbocycles. The molecule has 0 radical (unpaired) electrons. The van der Waals surface area contributed by atoms with Gasteiger partial charge in [-0.25, -0.2) is 4.98 Å². The van der Waals surface area contributed by atoms with Gasteiger partial charge in [-0.15, -0.1) is 11.3 Å². The smallest absolute Gasteiger partial charge is 0.0947 e. The van der Waals surface area contributed by atoms with E-state index in [1.165, 1.54) is 0 Å². The minimum atomic E-state index is -0.0840. The van der Waals surface area contributed by atoms with E-state index in [4.69, 9.17) is 17.3 Å². The first kappa shape index (κ1) is 11.6. The van der Waals surface area contributed by atoms with Crippen LogP contribution in [0.1, 0.15) is 22.3 Å². The molecule has 0 fully saturated rings. The third kappa shape index (κ3) is 2.61. The van der Waals surface area contributed by atoms with E-state index in [0.717, 1.165) is 27.7 Å². The summed E-state index contributed by atoms with van der Waals surface area (Å²) >= 11 is 7.74. The number of thiazole rings is 1. The fourth-order valence-electron chi connectivity index (χ4n) is 1.57. The lowest BCUT2D eigenvalue weighted by Gasteiger charge is -2.11. The quantitative estimate of drug-likeness (QED) is 0.910. The van der Waals surface area contributed by atoms with Crippen LogP contribution in [-0.2, 0) is 6.42 Å². The molecule has 1 heterocycles. The summed E-state index contributed by atoms with van der Waals surface area (Å²) in [7, 11) is 0. The summed E-state index contributed by atoms with van der Waals surface area (Å²) in [5, 5.41) is 3.82. The third-order valence-corrected chi connectivity index (χ3v) is 3.70. The van der Waals surface area contributed by atoms with Crippen molar-refractivity contribution in [3.8, 4) is 0 Å². The lowest BCUT2D eigenvalue weighted by Crippen LogP contribution is -2.13. The maximum absolute atomic E-state index is 6.12. The Morgan fingerprint density at radius 3 is 2.81 bits per heavy atom. The van der Waals surface area contributed by atoms with Crippen molar-refractivity contribution in [3.63, 3.8) is 0 Å². The van der Waals surface area contributed by atoms with Crippen LogP contribution < -0.4 is 5.73 Å². The summed E-state index contributed by atoms with van der Waals surface area (Å²) < 4.78 is 0. The van der Waals surface area contributed by atoms with Crippen LogP contribution in [0.3, 0.4) is 0 Å². The molecular formula is C12H13ClN2S. The SMILES string of the molecule is Cc1csc(CC(N)c2ccccc2Cl)n1. The van der Waals surface area contributed by atoms with E-state index in [0.29, 0.717) is 0 Å². The van der Waals surface area contributed by atoms with Gasteiger partial charge in [0.05, 0.1) is 5.01 Å². The molecule has 16 heavy (non-hydrogen) atoms.